The molecular formula is C48H73FN2O11Si. The Morgan fingerprint density at radius 2 is 1.71 bits per heavy atom. The monoisotopic (exact) mass is 900 g/mol. The number of carbonyl (C=O) groups excluding carboxylic acids is 3. The van der Waals surface area contributed by atoms with Gasteiger partial charge in [-0.05, 0) is 92.4 Å². The van der Waals surface area contributed by atoms with Gasteiger partial charge >= 0.3 is 12.1 Å². The Balaban J connectivity index is 0.000000211. The van der Waals surface area contributed by atoms with Crippen molar-refractivity contribution in [3.8, 4) is 0 Å². The number of ether oxygens (including phenoxy) is 5. The molecule has 5 fully saturated rings. The molecule has 0 radical (unpaired) electrons. The average Bonchev–Trinajstić information content (AvgIpc) is 3.59. The SMILES string of the molecule is C=C[C@@H]1O[C@@H]2C3=C(C)[C@@H](O)C[C@@](O)([C@@H](C)[C@H]4[C@@](C)(CC[C@H]5OC[C@]54OC(C)=O)[C@@H]2O1)C3(C)C.CC(C)[Si](O[C@H]1C(=O)N(C(=O)OC(C)(C)C)[C@H]1c1ncccc1F)(C(C)C)C(C)C. The molecule has 1 aromatic heterocycles. The summed E-state index contributed by atoms with van der Waals surface area (Å²) in [5, 5.41) is 23.6. The van der Waals surface area contributed by atoms with Crippen molar-refractivity contribution in [1.29, 1.82) is 0 Å². The van der Waals surface area contributed by atoms with Crippen LogP contribution in [-0.4, -0.2) is 107 Å². The number of amides is 2. The summed E-state index contributed by atoms with van der Waals surface area (Å²) in [4.78, 5) is 43.3. The molecule has 2 saturated carbocycles. The molecule has 12 atom stereocenters. The molecule has 0 unspecified atom stereocenters. The lowest BCUT2D eigenvalue weighted by Crippen LogP contribution is -2.77. The van der Waals surface area contributed by atoms with Crippen LogP contribution in [0.25, 0.3) is 0 Å². The van der Waals surface area contributed by atoms with Crippen molar-refractivity contribution in [3.63, 3.8) is 0 Å². The largest absolute Gasteiger partial charge is 0.454 e. The summed E-state index contributed by atoms with van der Waals surface area (Å²) in [6.07, 6.45) is 0.683. The molecule has 2 amide bonds. The fourth-order valence-electron chi connectivity index (χ4n) is 13.0. The maximum absolute atomic E-state index is 14.6. The van der Waals surface area contributed by atoms with Crippen molar-refractivity contribution in [2.24, 2.45) is 22.7 Å². The van der Waals surface area contributed by atoms with Crippen molar-refractivity contribution in [2.45, 2.75) is 199 Å². The van der Waals surface area contributed by atoms with Gasteiger partial charge in [0.1, 0.15) is 35.4 Å². The summed E-state index contributed by atoms with van der Waals surface area (Å²) in [6.45, 7) is 33.7. The maximum Gasteiger partial charge on any atom is 0.417 e. The Labute approximate surface area is 374 Å². The van der Waals surface area contributed by atoms with Crippen molar-refractivity contribution in [2.75, 3.05) is 6.61 Å². The fraction of sp³-hybridized carbons (Fsp3) is 0.750. The van der Waals surface area contributed by atoms with Gasteiger partial charge in [-0.25, -0.2) is 14.1 Å². The Morgan fingerprint density at radius 1 is 1.10 bits per heavy atom. The molecule has 0 aromatic carbocycles. The van der Waals surface area contributed by atoms with E-state index < -0.39 is 84.4 Å². The molecule has 7 rings (SSSR count). The number of aromatic nitrogens is 1. The molecule has 2 bridgehead atoms. The van der Waals surface area contributed by atoms with Gasteiger partial charge in [0, 0.05) is 36.3 Å². The molecule has 4 heterocycles. The number of carbonyl (C=O) groups is 3. The van der Waals surface area contributed by atoms with Crippen molar-refractivity contribution >= 4 is 26.3 Å². The molecule has 3 aliphatic heterocycles. The summed E-state index contributed by atoms with van der Waals surface area (Å²) in [5.41, 5.74) is -1.57. The van der Waals surface area contributed by atoms with Crippen LogP contribution in [0.4, 0.5) is 9.18 Å². The molecule has 15 heteroatoms. The minimum atomic E-state index is -2.46. The van der Waals surface area contributed by atoms with Gasteiger partial charge in [-0.1, -0.05) is 75.8 Å². The van der Waals surface area contributed by atoms with E-state index in [2.05, 4.69) is 60.0 Å². The van der Waals surface area contributed by atoms with Crippen LogP contribution < -0.4 is 0 Å². The van der Waals surface area contributed by atoms with Gasteiger partial charge in [0.05, 0.1) is 24.4 Å². The molecule has 3 saturated heterocycles. The van der Waals surface area contributed by atoms with E-state index in [9.17, 15) is 29.0 Å². The first-order valence-corrected chi connectivity index (χ1v) is 24.9. The normalized spacial score (nSPS) is 37.1. The quantitative estimate of drug-likeness (QED) is 0.111. The first kappa shape index (κ1) is 49.4. The highest BCUT2D eigenvalue weighted by atomic mass is 28.4. The molecule has 3 aliphatic carbocycles. The molecule has 63 heavy (non-hydrogen) atoms. The highest BCUT2D eigenvalue weighted by Gasteiger charge is 2.75. The van der Waals surface area contributed by atoms with Gasteiger partial charge in [-0.2, -0.15) is 0 Å². The number of imide groups is 1. The lowest BCUT2D eigenvalue weighted by Gasteiger charge is -2.68. The fourth-order valence-corrected chi connectivity index (χ4v) is 18.5. The van der Waals surface area contributed by atoms with Gasteiger partial charge in [0.2, 0.25) is 8.32 Å². The van der Waals surface area contributed by atoms with E-state index in [-0.39, 0.29) is 58.8 Å². The van der Waals surface area contributed by atoms with Crippen LogP contribution in [-0.2, 0) is 37.7 Å². The summed E-state index contributed by atoms with van der Waals surface area (Å²) in [7, 11) is -2.46. The van der Waals surface area contributed by atoms with Gasteiger partial charge in [-0.15, -0.1) is 0 Å². The van der Waals surface area contributed by atoms with E-state index in [1.165, 1.54) is 25.3 Å². The van der Waals surface area contributed by atoms with Crippen LogP contribution in [0.2, 0.25) is 16.6 Å². The molecule has 352 valence electrons. The predicted molar refractivity (Wildman–Crippen MR) is 236 cm³/mol. The first-order chi connectivity index (χ1) is 29.1. The Kier molecular flexibility index (Phi) is 13.3. The highest BCUT2D eigenvalue weighted by molar-refractivity contribution is 6.77. The van der Waals surface area contributed by atoms with Crippen molar-refractivity contribution < 1.29 is 57.1 Å². The zero-order valence-corrected chi connectivity index (χ0v) is 41.1. The summed E-state index contributed by atoms with van der Waals surface area (Å²) < 4.78 is 51.7. The van der Waals surface area contributed by atoms with E-state index >= 15 is 0 Å². The Morgan fingerprint density at radius 3 is 2.22 bits per heavy atom. The lowest BCUT2D eigenvalue weighted by atomic mass is 9.43. The lowest BCUT2D eigenvalue weighted by molar-refractivity contribution is -0.337. The number of esters is 1. The van der Waals surface area contributed by atoms with E-state index in [4.69, 9.17) is 28.1 Å². The third-order valence-corrected chi connectivity index (χ3v) is 21.8. The topological polar surface area (TPSA) is 163 Å². The van der Waals surface area contributed by atoms with Crippen LogP contribution in [0.5, 0.6) is 0 Å². The molecular weight excluding hydrogens is 828 g/mol. The Bertz CT molecular complexity index is 1960. The summed E-state index contributed by atoms with van der Waals surface area (Å²) in [6, 6.07) is 1.80. The Hall–Kier alpha value is -3.05. The number of aliphatic hydroxyl groups is 2. The molecule has 1 aromatic rings. The minimum Gasteiger partial charge on any atom is -0.454 e. The van der Waals surface area contributed by atoms with Crippen molar-refractivity contribution in [3.05, 3.63) is 53.6 Å². The van der Waals surface area contributed by atoms with Crippen LogP contribution in [0.15, 0.2) is 42.1 Å². The van der Waals surface area contributed by atoms with E-state index in [1.807, 2.05) is 27.7 Å². The molecule has 6 aliphatic rings. The molecule has 2 N–H and O–H groups in total. The van der Waals surface area contributed by atoms with Crippen molar-refractivity contribution in [1.82, 2.24) is 9.88 Å². The second kappa shape index (κ2) is 17.0. The van der Waals surface area contributed by atoms with Crippen LogP contribution in [0, 0.1) is 28.5 Å². The number of aliphatic hydroxyl groups excluding tert-OH is 1. The number of likely N-dealkylation sites (tertiary alicyclic amines) is 1. The number of pyridine rings is 1. The molecule has 13 nitrogen and oxygen atoms in total. The number of rotatable bonds is 8. The second-order valence-corrected chi connectivity index (χ2v) is 27.0. The summed E-state index contributed by atoms with van der Waals surface area (Å²) >= 11 is 0. The standard InChI is InChI=1S/C26H38O7.C22H35FN2O4Si/c1-8-18-31-20-19-13(2)16(28)11-26(29,23(19,5)6)14(3)21-24(7,22(20)32-18)10-9-17-25(21,12-30-17)33-15(4)27;1-13(2)30(14(3)4,15(5)6)29-19-18(17-16(23)11-10-12-24-17)25(20(19)26)21(27)28-22(7,8)9/h8,14,16-18,20-22,28-29H,1,9-12H2,2-7H3;10-15,18-19H,1-9H3/t14-,16-,17+,18+,20+,21-,22+,24+,25-,26+;18-,19+/m00/s1. The molecule has 0 spiro atoms. The highest BCUT2D eigenvalue weighted by Crippen LogP contribution is 2.67. The van der Waals surface area contributed by atoms with Gasteiger partial charge in [0.25, 0.3) is 5.91 Å². The second-order valence-electron chi connectivity index (χ2n) is 21.6. The number of hydrogen-bond acceptors (Lipinski definition) is 12. The van der Waals surface area contributed by atoms with Crippen LogP contribution >= 0.6 is 0 Å². The number of halogens is 1. The number of β-lactam (4-membered cyclic amide) rings is 1. The van der Waals surface area contributed by atoms with Gasteiger partial charge in [0.15, 0.2) is 18.0 Å². The zero-order valence-electron chi connectivity index (χ0n) is 40.1. The maximum atomic E-state index is 14.6. The predicted octanol–water partition coefficient (Wildman–Crippen LogP) is 8.49. The van der Waals surface area contributed by atoms with Gasteiger partial charge < -0.3 is 38.3 Å². The number of nitrogens with zero attached hydrogens (tertiary/aromatic N) is 2. The van der Waals surface area contributed by atoms with Gasteiger partial charge in [-0.3, -0.25) is 14.6 Å². The first-order valence-electron chi connectivity index (χ1n) is 22.8. The van der Waals surface area contributed by atoms with E-state index in [0.717, 1.165) is 28.9 Å². The smallest absolute Gasteiger partial charge is 0.417 e. The summed E-state index contributed by atoms with van der Waals surface area (Å²) in [5.74, 6) is -2.00. The zero-order chi connectivity index (χ0) is 47.2. The number of hydrogen-bond donors (Lipinski definition) is 2. The number of fused-ring (bicyclic) bond motifs is 8. The van der Waals surface area contributed by atoms with Crippen LogP contribution in [0.1, 0.15) is 135 Å². The third kappa shape index (κ3) is 7.76. The minimum absolute atomic E-state index is 0.0205. The average molecular weight is 901 g/mol. The van der Waals surface area contributed by atoms with E-state index in [0.29, 0.717) is 6.61 Å². The third-order valence-electron chi connectivity index (χ3n) is 15.7. The van der Waals surface area contributed by atoms with Crippen LogP contribution in [0.3, 0.4) is 0 Å². The van der Waals surface area contributed by atoms with E-state index in [1.54, 1.807) is 26.8 Å².